The van der Waals surface area contributed by atoms with Crippen molar-refractivity contribution >= 4 is 11.9 Å². The molecule has 0 bridgehead atoms. The van der Waals surface area contributed by atoms with Gasteiger partial charge in [0.05, 0.1) is 36.9 Å². The molecule has 1 fully saturated rings. The molecular weight excluding hydrogens is 391 g/mol. The lowest BCUT2D eigenvalue weighted by molar-refractivity contribution is -0.137. The highest BCUT2D eigenvalue weighted by atomic mass is 19.4. The van der Waals surface area contributed by atoms with Gasteiger partial charge in [0.15, 0.2) is 0 Å². The van der Waals surface area contributed by atoms with E-state index in [0.717, 1.165) is 12.1 Å². The second kappa shape index (κ2) is 8.64. The Morgan fingerprint density at radius 3 is 2.45 bits per heavy atom. The number of carbonyl (C=O) groups excluding carboxylic acids is 1. The summed E-state index contributed by atoms with van der Waals surface area (Å²) in [5, 5.41) is 9.67. The first-order valence-electron chi connectivity index (χ1n) is 9.02. The van der Waals surface area contributed by atoms with Crippen LogP contribution in [0, 0.1) is 0 Å². The molecule has 0 saturated carbocycles. The molecule has 2 aromatic rings. The molecule has 1 aliphatic heterocycles. The zero-order valence-corrected chi connectivity index (χ0v) is 15.6. The minimum absolute atomic E-state index is 0.171. The van der Waals surface area contributed by atoms with Gasteiger partial charge in [-0.3, -0.25) is 0 Å². The van der Waals surface area contributed by atoms with Gasteiger partial charge in [-0.2, -0.15) is 13.2 Å². The summed E-state index contributed by atoms with van der Waals surface area (Å²) in [5.41, 5.74) is -0.533. The van der Waals surface area contributed by atoms with Gasteiger partial charge in [0.2, 0.25) is 5.95 Å². The van der Waals surface area contributed by atoms with E-state index >= 15 is 0 Å². The van der Waals surface area contributed by atoms with Crippen LogP contribution in [0.1, 0.15) is 29.3 Å². The van der Waals surface area contributed by atoms with Gasteiger partial charge in [-0.15, -0.1) is 0 Å². The Bertz CT molecular complexity index is 828. The third-order valence-electron chi connectivity index (χ3n) is 4.48. The Labute approximate surface area is 165 Å². The van der Waals surface area contributed by atoms with Crippen molar-refractivity contribution in [2.45, 2.75) is 31.7 Å². The number of hydrogen-bond acceptors (Lipinski definition) is 7. The van der Waals surface area contributed by atoms with Crippen molar-refractivity contribution in [3.63, 3.8) is 0 Å². The van der Waals surface area contributed by atoms with E-state index in [2.05, 4.69) is 9.97 Å². The number of esters is 1. The molecule has 0 amide bonds. The number of alkyl halides is 3. The summed E-state index contributed by atoms with van der Waals surface area (Å²) in [5.74, 6) is 0.0958. The predicted octanol–water partition coefficient (Wildman–Crippen LogP) is 2.69. The summed E-state index contributed by atoms with van der Waals surface area (Å²) in [6.45, 7) is 2.10. The molecule has 29 heavy (non-hydrogen) atoms. The zero-order chi connectivity index (χ0) is 21.0. The number of ether oxygens (including phenoxy) is 2. The van der Waals surface area contributed by atoms with Crippen LogP contribution in [0.4, 0.5) is 19.1 Å². The molecule has 2 heterocycles. The summed E-state index contributed by atoms with van der Waals surface area (Å²) in [6.07, 6.45) is -1.63. The lowest BCUT2D eigenvalue weighted by Gasteiger charge is -2.22. The largest absolute Gasteiger partial charge is 0.489 e. The summed E-state index contributed by atoms with van der Waals surface area (Å²) in [4.78, 5) is 21.8. The molecule has 1 aromatic carbocycles. The van der Waals surface area contributed by atoms with Crippen LogP contribution >= 0.6 is 0 Å². The first kappa shape index (κ1) is 20.8. The van der Waals surface area contributed by atoms with Crippen LogP contribution in [0.15, 0.2) is 36.7 Å². The first-order chi connectivity index (χ1) is 13.8. The number of carbonyl (C=O) groups is 1. The second-order valence-electron chi connectivity index (χ2n) is 6.48. The molecule has 1 aliphatic rings. The number of aliphatic hydroxyl groups is 1. The molecule has 10 heteroatoms. The van der Waals surface area contributed by atoms with Crippen LogP contribution in [0.2, 0.25) is 0 Å². The highest BCUT2D eigenvalue weighted by Gasteiger charge is 2.35. The van der Waals surface area contributed by atoms with Gasteiger partial charge in [0, 0.05) is 18.8 Å². The molecule has 1 saturated heterocycles. The van der Waals surface area contributed by atoms with Gasteiger partial charge < -0.3 is 19.5 Å². The van der Waals surface area contributed by atoms with E-state index < -0.39 is 17.7 Å². The zero-order valence-electron chi connectivity index (χ0n) is 15.6. The number of nitrogens with zero attached hydrogens (tertiary/aromatic N) is 3. The van der Waals surface area contributed by atoms with E-state index in [4.69, 9.17) is 9.47 Å². The van der Waals surface area contributed by atoms with Crippen LogP contribution in [0.25, 0.3) is 0 Å². The standard InChI is InChI=1S/C19H20F3N3O4/c1-2-28-17(27)12-8-23-18(24-9-12)25-10-16(7-14(25)11-26)29-15-5-3-13(4-6-15)19(20,21)22/h3-6,8-9,14,16,26H,2,7,10-11H2,1H3/t14-,16+/m0/s1. The Kier molecular flexibility index (Phi) is 6.21. The van der Waals surface area contributed by atoms with Gasteiger partial charge in [0.1, 0.15) is 11.9 Å². The molecule has 3 rings (SSSR count). The highest BCUT2D eigenvalue weighted by Crippen LogP contribution is 2.31. The number of rotatable bonds is 6. The average Bonchev–Trinajstić information content (AvgIpc) is 3.11. The van der Waals surface area contributed by atoms with E-state index in [1.54, 1.807) is 11.8 Å². The van der Waals surface area contributed by atoms with Crippen molar-refractivity contribution < 1.29 is 32.5 Å². The van der Waals surface area contributed by atoms with Gasteiger partial charge in [-0.05, 0) is 31.2 Å². The maximum Gasteiger partial charge on any atom is 0.416 e. The molecule has 0 unspecified atom stereocenters. The molecule has 0 radical (unpaired) electrons. The number of halogens is 3. The van der Waals surface area contributed by atoms with Crippen molar-refractivity contribution in [1.29, 1.82) is 0 Å². The van der Waals surface area contributed by atoms with Crippen molar-refractivity contribution in [3.8, 4) is 5.75 Å². The fourth-order valence-corrected chi connectivity index (χ4v) is 3.08. The molecule has 1 aromatic heterocycles. The predicted molar refractivity (Wildman–Crippen MR) is 96.7 cm³/mol. The monoisotopic (exact) mass is 411 g/mol. The third-order valence-corrected chi connectivity index (χ3v) is 4.48. The quantitative estimate of drug-likeness (QED) is 0.732. The molecule has 1 N–H and O–H groups in total. The van der Waals surface area contributed by atoms with Gasteiger partial charge >= 0.3 is 12.1 Å². The third kappa shape index (κ3) is 4.94. The maximum atomic E-state index is 12.7. The van der Waals surface area contributed by atoms with E-state index in [1.165, 1.54) is 24.5 Å². The molecule has 7 nitrogen and oxygen atoms in total. The maximum absolute atomic E-state index is 12.7. The lowest BCUT2D eigenvalue weighted by atomic mass is 10.2. The Hall–Kier alpha value is -2.88. The topological polar surface area (TPSA) is 84.8 Å². The smallest absolute Gasteiger partial charge is 0.416 e. The van der Waals surface area contributed by atoms with Crippen molar-refractivity contribution in [1.82, 2.24) is 9.97 Å². The molecule has 0 aliphatic carbocycles. The SMILES string of the molecule is CCOC(=O)c1cnc(N2C[C@H](Oc3ccc(C(F)(F)F)cc3)C[C@H]2CO)nc1. The van der Waals surface area contributed by atoms with Gasteiger partial charge in [-0.25, -0.2) is 14.8 Å². The summed E-state index contributed by atoms with van der Waals surface area (Å²) < 4.78 is 48.6. The van der Waals surface area contributed by atoms with E-state index in [9.17, 15) is 23.1 Å². The van der Waals surface area contributed by atoms with Crippen LogP contribution in [0.5, 0.6) is 5.75 Å². The van der Waals surface area contributed by atoms with E-state index in [0.29, 0.717) is 24.7 Å². The number of aromatic nitrogens is 2. The Morgan fingerprint density at radius 1 is 1.24 bits per heavy atom. The minimum atomic E-state index is -4.41. The van der Waals surface area contributed by atoms with Gasteiger partial charge in [-0.1, -0.05) is 0 Å². The molecule has 2 atom stereocenters. The second-order valence-corrected chi connectivity index (χ2v) is 6.48. The summed E-state index contributed by atoms with van der Waals surface area (Å²) >= 11 is 0. The van der Waals surface area contributed by atoms with E-state index in [-0.39, 0.29) is 30.9 Å². The van der Waals surface area contributed by atoms with Crippen molar-refractivity contribution in [2.75, 3.05) is 24.7 Å². The molecule has 156 valence electrons. The normalized spacial score (nSPS) is 19.3. The number of benzene rings is 1. The average molecular weight is 411 g/mol. The lowest BCUT2D eigenvalue weighted by Crippen LogP contribution is -2.34. The minimum Gasteiger partial charge on any atom is -0.489 e. The van der Waals surface area contributed by atoms with Gasteiger partial charge in [0.25, 0.3) is 0 Å². The van der Waals surface area contributed by atoms with Crippen molar-refractivity contribution in [3.05, 3.63) is 47.8 Å². The molecular formula is C19H20F3N3O4. The molecule has 0 spiro atoms. The van der Waals surface area contributed by atoms with Crippen LogP contribution in [-0.2, 0) is 10.9 Å². The Morgan fingerprint density at radius 2 is 1.90 bits per heavy atom. The number of aliphatic hydroxyl groups excluding tert-OH is 1. The Balaban J connectivity index is 1.67. The fourth-order valence-electron chi connectivity index (χ4n) is 3.08. The summed E-state index contributed by atoms with van der Waals surface area (Å²) in [6, 6.07) is 4.14. The summed E-state index contributed by atoms with van der Waals surface area (Å²) in [7, 11) is 0. The van der Waals surface area contributed by atoms with Crippen LogP contribution in [-0.4, -0.2) is 52.9 Å². The van der Waals surface area contributed by atoms with Crippen LogP contribution in [0.3, 0.4) is 0 Å². The highest BCUT2D eigenvalue weighted by molar-refractivity contribution is 5.88. The number of hydrogen-bond donors (Lipinski definition) is 1. The first-order valence-corrected chi connectivity index (χ1v) is 9.02. The van der Waals surface area contributed by atoms with Crippen molar-refractivity contribution in [2.24, 2.45) is 0 Å². The fraction of sp³-hybridized carbons (Fsp3) is 0.421. The van der Waals surface area contributed by atoms with Crippen LogP contribution < -0.4 is 9.64 Å². The van der Waals surface area contributed by atoms with E-state index in [1.807, 2.05) is 0 Å². The number of anilines is 1.